The average Bonchev–Trinajstić information content (AvgIpc) is 3.11. The summed E-state index contributed by atoms with van der Waals surface area (Å²) in [6.45, 7) is 0.549. The highest BCUT2D eigenvalue weighted by Gasteiger charge is 2.36. The Bertz CT molecular complexity index is 933. The van der Waals surface area contributed by atoms with E-state index in [1.165, 1.54) is 16.4 Å². The number of sulfonamides is 1. The first kappa shape index (κ1) is 19.3. The number of carbonyl (C=O) groups excluding carboxylic acids is 1. The monoisotopic (exact) mass is 392 g/mol. The van der Waals surface area contributed by atoms with E-state index >= 15 is 0 Å². The molecular weight excluding hydrogens is 371 g/mol. The van der Waals surface area contributed by atoms with Gasteiger partial charge < -0.3 is 10.1 Å². The van der Waals surface area contributed by atoms with Crippen LogP contribution in [0.3, 0.4) is 0 Å². The summed E-state index contributed by atoms with van der Waals surface area (Å²) in [7, 11) is -3.42. The number of nitrogens with zero attached hydrogens (tertiary/aromatic N) is 1. The van der Waals surface area contributed by atoms with Crippen LogP contribution in [0.15, 0.2) is 48.5 Å². The lowest BCUT2D eigenvalue weighted by Gasteiger charge is -2.21. The van der Waals surface area contributed by atoms with Gasteiger partial charge in [0.1, 0.15) is 24.2 Å². The first-order valence-corrected chi connectivity index (χ1v) is 10.4. The number of benzene rings is 2. The van der Waals surface area contributed by atoms with E-state index < -0.39 is 16.1 Å². The Kier molecular flexibility index (Phi) is 5.76. The summed E-state index contributed by atoms with van der Waals surface area (Å²) in [5, 5.41) is 2.75. The van der Waals surface area contributed by atoms with Crippen LogP contribution >= 0.6 is 0 Å². The van der Waals surface area contributed by atoms with Gasteiger partial charge in [-0.3, -0.25) is 4.79 Å². The fourth-order valence-electron chi connectivity index (χ4n) is 3.08. The molecule has 0 aliphatic carbocycles. The third-order valence-electron chi connectivity index (χ3n) is 4.33. The highest BCUT2D eigenvalue weighted by Crippen LogP contribution is 2.23. The molecule has 27 heavy (non-hydrogen) atoms. The normalized spacial score (nSPS) is 17.6. The molecule has 0 unspecified atom stereocenters. The van der Waals surface area contributed by atoms with Gasteiger partial charge in [-0.2, -0.15) is 4.31 Å². The zero-order valence-electron chi connectivity index (χ0n) is 14.9. The van der Waals surface area contributed by atoms with Crippen LogP contribution in [-0.2, 0) is 21.4 Å². The van der Waals surface area contributed by atoms with E-state index in [9.17, 15) is 17.6 Å². The molecule has 1 atom stereocenters. The topological polar surface area (TPSA) is 75.7 Å². The van der Waals surface area contributed by atoms with Crippen molar-refractivity contribution in [3.8, 4) is 5.75 Å². The molecule has 3 rings (SSSR count). The number of hydrogen-bond acceptors (Lipinski definition) is 4. The maximum atomic E-state index is 13.2. The molecular formula is C19H21FN2O4S. The zero-order valence-corrected chi connectivity index (χ0v) is 15.7. The number of amides is 1. The van der Waals surface area contributed by atoms with Crippen LogP contribution in [0.25, 0.3) is 0 Å². The predicted octanol–water partition coefficient (Wildman–Crippen LogP) is 2.77. The van der Waals surface area contributed by atoms with Crippen molar-refractivity contribution in [2.75, 3.05) is 18.1 Å². The van der Waals surface area contributed by atoms with Crippen molar-refractivity contribution >= 4 is 21.6 Å². The Hall–Kier alpha value is -2.45. The molecule has 1 N–H and O–H groups in total. The maximum Gasteiger partial charge on any atom is 0.242 e. The van der Waals surface area contributed by atoms with Crippen LogP contribution in [0.5, 0.6) is 5.75 Å². The molecule has 0 radical (unpaired) electrons. The van der Waals surface area contributed by atoms with Gasteiger partial charge in [-0.25, -0.2) is 12.8 Å². The van der Waals surface area contributed by atoms with Crippen molar-refractivity contribution in [1.29, 1.82) is 0 Å². The van der Waals surface area contributed by atoms with E-state index in [-0.39, 0.29) is 18.3 Å². The molecule has 1 aliphatic rings. The van der Waals surface area contributed by atoms with Crippen LogP contribution in [-0.4, -0.2) is 37.5 Å². The van der Waals surface area contributed by atoms with Gasteiger partial charge in [-0.15, -0.1) is 0 Å². The summed E-state index contributed by atoms with van der Waals surface area (Å²) in [6, 6.07) is 12.2. The molecule has 0 saturated carbocycles. The van der Waals surface area contributed by atoms with Crippen molar-refractivity contribution in [2.45, 2.75) is 25.5 Å². The van der Waals surface area contributed by atoms with E-state index in [0.717, 1.165) is 6.26 Å². The largest absolute Gasteiger partial charge is 0.489 e. The number of anilines is 1. The number of carbonyl (C=O) groups is 1. The molecule has 2 aromatic rings. The summed E-state index contributed by atoms with van der Waals surface area (Å²) in [4.78, 5) is 12.5. The molecule has 0 aromatic heterocycles. The third kappa shape index (κ3) is 5.05. The van der Waals surface area contributed by atoms with E-state index in [1.54, 1.807) is 36.4 Å². The summed E-state index contributed by atoms with van der Waals surface area (Å²) in [6.07, 6.45) is 2.26. The first-order valence-electron chi connectivity index (χ1n) is 8.58. The second-order valence-corrected chi connectivity index (χ2v) is 8.40. The van der Waals surface area contributed by atoms with Gasteiger partial charge in [-0.1, -0.05) is 18.2 Å². The summed E-state index contributed by atoms with van der Waals surface area (Å²) >= 11 is 0. The van der Waals surface area contributed by atoms with Gasteiger partial charge in [0.25, 0.3) is 0 Å². The standard InChI is InChI=1S/C19H21FN2O4S/c1-27(24,25)22-10-4-9-18(22)19(23)21-16-7-3-8-17(12-16)26-13-14-5-2-6-15(20)11-14/h2-3,5-8,11-12,18H,4,9-10,13H2,1H3,(H,21,23)/t18-/m0/s1. The van der Waals surface area contributed by atoms with Crippen molar-refractivity contribution in [3.05, 3.63) is 59.9 Å². The number of ether oxygens (including phenoxy) is 1. The summed E-state index contributed by atoms with van der Waals surface area (Å²) in [5.41, 5.74) is 1.20. The van der Waals surface area contributed by atoms with E-state index in [4.69, 9.17) is 4.74 Å². The molecule has 0 bridgehead atoms. The fourth-order valence-corrected chi connectivity index (χ4v) is 4.21. The number of nitrogens with one attached hydrogen (secondary N) is 1. The second-order valence-electron chi connectivity index (χ2n) is 6.47. The lowest BCUT2D eigenvalue weighted by atomic mass is 10.2. The van der Waals surface area contributed by atoms with Crippen molar-refractivity contribution in [1.82, 2.24) is 4.31 Å². The van der Waals surface area contributed by atoms with Crippen LogP contribution < -0.4 is 10.1 Å². The third-order valence-corrected chi connectivity index (χ3v) is 5.62. The molecule has 144 valence electrons. The van der Waals surface area contributed by atoms with E-state index in [2.05, 4.69) is 5.32 Å². The Balaban J connectivity index is 1.64. The van der Waals surface area contributed by atoms with Crippen LogP contribution in [0.4, 0.5) is 10.1 Å². The van der Waals surface area contributed by atoms with Crippen LogP contribution in [0.1, 0.15) is 18.4 Å². The molecule has 8 heteroatoms. The Morgan fingerprint density at radius 2 is 2.04 bits per heavy atom. The van der Waals surface area contributed by atoms with Gasteiger partial charge >= 0.3 is 0 Å². The van der Waals surface area contributed by atoms with E-state index in [1.807, 2.05) is 0 Å². The molecule has 1 heterocycles. The Morgan fingerprint density at radius 1 is 1.26 bits per heavy atom. The summed E-state index contributed by atoms with van der Waals surface area (Å²) < 4.78 is 43.7. The average molecular weight is 392 g/mol. The van der Waals surface area contributed by atoms with Gasteiger partial charge in [0, 0.05) is 18.3 Å². The minimum absolute atomic E-state index is 0.194. The van der Waals surface area contributed by atoms with Gasteiger partial charge in [0.2, 0.25) is 15.9 Å². The lowest BCUT2D eigenvalue weighted by molar-refractivity contribution is -0.119. The molecule has 1 saturated heterocycles. The molecule has 6 nitrogen and oxygen atoms in total. The quantitative estimate of drug-likeness (QED) is 0.820. The minimum Gasteiger partial charge on any atom is -0.489 e. The fraction of sp³-hybridized carbons (Fsp3) is 0.316. The number of rotatable bonds is 6. The van der Waals surface area contributed by atoms with Crippen molar-refractivity contribution in [2.24, 2.45) is 0 Å². The molecule has 1 aliphatic heterocycles. The Labute approximate surface area is 158 Å². The second kappa shape index (κ2) is 8.06. The van der Waals surface area contributed by atoms with Crippen molar-refractivity contribution in [3.63, 3.8) is 0 Å². The Morgan fingerprint density at radius 3 is 2.78 bits per heavy atom. The molecule has 0 spiro atoms. The van der Waals surface area contributed by atoms with Crippen LogP contribution in [0.2, 0.25) is 0 Å². The molecule has 1 amide bonds. The SMILES string of the molecule is CS(=O)(=O)N1CCC[C@H]1C(=O)Nc1cccc(OCc2cccc(F)c2)c1. The van der Waals surface area contributed by atoms with Crippen LogP contribution in [0, 0.1) is 5.82 Å². The van der Waals surface area contributed by atoms with Crippen molar-refractivity contribution < 1.29 is 22.3 Å². The summed E-state index contributed by atoms with van der Waals surface area (Å²) in [5.74, 6) is -0.173. The highest BCUT2D eigenvalue weighted by molar-refractivity contribution is 7.88. The highest BCUT2D eigenvalue weighted by atomic mass is 32.2. The zero-order chi connectivity index (χ0) is 19.4. The minimum atomic E-state index is -3.42. The molecule has 2 aromatic carbocycles. The predicted molar refractivity (Wildman–Crippen MR) is 100 cm³/mol. The first-order chi connectivity index (χ1) is 12.8. The van der Waals surface area contributed by atoms with E-state index in [0.29, 0.717) is 36.4 Å². The van der Waals surface area contributed by atoms with Gasteiger partial charge in [0.05, 0.1) is 6.26 Å². The maximum absolute atomic E-state index is 13.2. The molecule has 1 fully saturated rings. The smallest absolute Gasteiger partial charge is 0.242 e. The lowest BCUT2D eigenvalue weighted by Crippen LogP contribution is -2.42. The van der Waals surface area contributed by atoms with Gasteiger partial charge in [0.15, 0.2) is 0 Å². The van der Waals surface area contributed by atoms with Gasteiger partial charge in [-0.05, 0) is 42.7 Å². The number of halogens is 1. The number of hydrogen-bond donors (Lipinski definition) is 1.